The fraction of sp³-hybridized carbons (Fsp3) is 0.211. The van der Waals surface area contributed by atoms with Gasteiger partial charge in [0.1, 0.15) is 5.75 Å². The molecule has 1 amide bonds. The third-order valence-corrected chi connectivity index (χ3v) is 4.60. The van der Waals surface area contributed by atoms with Crippen LogP contribution in [0.15, 0.2) is 51.5 Å². The maximum absolute atomic E-state index is 11.9. The van der Waals surface area contributed by atoms with E-state index in [1.165, 1.54) is 0 Å². The fourth-order valence-corrected chi connectivity index (χ4v) is 2.47. The maximum Gasteiger partial charge on any atom is 0.258 e. The van der Waals surface area contributed by atoms with E-state index in [0.29, 0.717) is 17.5 Å². The quantitative estimate of drug-likeness (QED) is 0.661. The van der Waals surface area contributed by atoms with E-state index < -0.39 is 0 Å². The SMILES string of the molecule is Cc1ccc(-c2noc(CNC(=O)COc3ccc(Br)c(C)c3)n2)cc1. The summed E-state index contributed by atoms with van der Waals surface area (Å²) in [5.41, 5.74) is 3.06. The van der Waals surface area contributed by atoms with E-state index >= 15 is 0 Å². The van der Waals surface area contributed by atoms with Crippen molar-refractivity contribution in [3.63, 3.8) is 0 Å². The maximum atomic E-state index is 11.9. The molecule has 0 unspecified atom stereocenters. The van der Waals surface area contributed by atoms with Gasteiger partial charge in [0.2, 0.25) is 11.7 Å². The molecule has 0 aliphatic heterocycles. The molecule has 6 nitrogen and oxygen atoms in total. The molecule has 0 fully saturated rings. The van der Waals surface area contributed by atoms with Crippen LogP contribution in [0.4, 0.5) is 0 Å². The van der Waals surface area contributed by atoms with Gasteiger partial charge in [0, 0.05) is 10.0 Å². The van der Waals surface area contributed by atoms with Gasteiger partial charge in [-0.3, -0.25) is 4.79 Å². The number of amides is 1. The Balaban J connectivity index is 1.50. The van der Waals surface area contributed by atoms with Crippen molar-refractivity contribution in [2.75, 3.05) is 6.61 Å². The van der Waals surface area contributed by atoms with Crippen LogP contribution in [0.25, 0.3) is 11.4 Å². The molecular formula is C19H18BrN3O3. The van der Waals surface area contributed by atoms with Crippen LogP contribution in [0.5, 0.6) is 5.75 Å². The van der Waals surface area contributed by atoms with Gasteiger partial charge in [0.25, 0.3) is 5.91 Å². The molecule has 134 valence electrons. The zero-order valence-electron chi connectivity index (χ0n) is 14.5. The number of nitrogens with zero attached hydrogens (tertiary/aromatic N) is 2. The summed E-state index contributed by atoms with van der Waals surface area (Å²) < 4.78 is 11.6. The number of carbonyl (C=O) groups is 1. The molecule has 1 aromatic heterocycles. The first-order valence-corrected chi connectivity index (χ1v) is 8.86. The molecule has 0 saturated carbocycles. The van der Waals surface area contributed by atoms with E-state index in [9.17, 15) is 4.79 Å². The first-order chi connectivity index (χ1) is 12.5. The monoisotopic (exact) mass is 415 g/mol. The van der Waals surface area contributed by atoms with E-state index in [0.717, 1.165) is 21.2 Å². The molecule has 0 aliphatic carbocycles. The lowest BCUT2D eigenvalue weighted by atomic mass is 10.1. The first-order valence-electron chi connectivity index (χ1n) is 8.06. The highest BCUT2D eigenvalue weighted by atomic mass is 79.9. The van der Waals surface area contributed by atoms with Crippen LogP contribution in [0.3, 0.4) is 0 Å². The average Bonchev–Trinajstić information content (AvgIpc) is 3.10. The lowest BCUT2D eigenvalue weighted by molar-refractivity contribution is -0.123. The van der Waals surface area contributed by atoms with Crippen molar-refractivity contribution in [2.45, 2.75) is 20.4 Å². The molecule has 0 bridgehead atoms. The average molecular weight is 416 g/mol. The van der Waals surface area contributed by atoms with E-state index in [4.69, 9.17) is 9.26 Å². The number of benzene rings is 2. The second-order valence-corrected chi connectivity index (χ2v) is 6.71. The minimum atomic E-state index is -0.263. The molecule has 0 atom stereocenters. The molecule has 26 heavy (non-hydrogen) atoms. The van der Waals surface area contributed by atoms with Gasteiger partial charge in [-0.1, -0.05) is 50.9 Å². The highest BCUT2D eigenvalue weighted by Crippen LogP contribution is 2.21. The van der Waals surface area contributed by atoms with E-state index in [2.05, 4.69) is 31.4 Å². The Morgan fingerprint density at radius 1 is 1.19 bits per heavy atom. The zero-order chi connectivity index (χ0) is 18.5. The number of halogens is 1. The summed E-state index contributed by atoms with van der Waals surface area (Å²) in [5, 5.41) is 6.63. The zero-order valence-corrected chi connectivity index (χ0v) is 16.0. The van der Waals surface area contributed by atoms with Crippen LogP contribution in [0.2, 0.25) is 0 Å². The Bertz CT molecular complexity index is 907. The van der Waals surface area contributed by atoms with Crippen LogP contribution in [0.1, 0.15) is 17.0 Å². The third-order valence-electron chi connectivity index (χ3n) is 3.71. The number of hydrogen-bond acceptors (Lipinski definition) is 5. The summed E-state index contributed by atoms with van der Waals surface area (Å²) in [5.74, 6) is 1.21. The second kappa shape index (κ2) is 8.14. The van der Waals surface area contributed by atoms with Crippen LogP contribution >= 0.6 is 15.9 Å². The van der Waals surface area contributed by atoms with Gasteiger partial charge in [-0.25, -0.2) is 0 Å². The molecule has 7 heteroatoms. The molecule has 0 radical (unpaired) electrons. The number of nitrogens with one attached hydrogen (secondary N) is 1. The number of rotatable bonds is 6. The highest BCUT2D eigenvalue weighted by molar-refractivity contribution is 9.10. The Morgan fingerprint density at radius 2 is 1.96 bits per heavy atom. The van der Waals surface area contributed by atoms with Crippen LogP contribution in [-0.4, -0.2) is 22.7 Å². The van der Waals surface area contributed by atoms with Gasteiger partial charge in [0.15, 0.2) is 6.61 Å². The van der Waals surface area contributed by atoms with Crippen LogP contribution in [0, 0.1) is 13.8 Å². The predicted octanol–water partition coefficient (Wildman–Crippen LogP) is 3.81. The lowest BCUT2D eigenvalue weighted by Crippen LogP contribution is -2.28. The topological polar surface area (TPSA) is 77.2 Å². The highest BCUT2D eigenvalue weighted by Gasteiger charge is 2.10. The fourth-order valence-electron chi connectivity index (χ4n) is 2.23. The van der Waals surface area contributed by atoms with Crippen molar-refractivity contribution >= 4 is 21.8 Å². The standard InChI is InChI=1S/C19H18BrN3O3/c1-12-3-5-14(6-4-12)19-22-18(26-23-19)10-21-17(24)11-25-15-7-8-16(20)13(2)9-15/h3-9H,10-11H2,1-2H3,(H,21,24). The summed E-state index contributed by atoms with van der Waals surface area (Å²) >= 11 is 3.42. The molecule has 1 N–H and O–H groups in total. The van der Waals surface area contributed by atoms with E-state index in [1.54, 1.807) is 6.07 Å². The van der Waals surface area contributed by atoms with Crippen molar-refractivity contribution in [2.24, 2.45) is 0 Å². The van der Waals surface area contributed by atoms with Crippen molar-refractivity contribution in [1.82, 2.24) is 15.5 Å². The minimum Gasteiger partial charge on any atom is -0.484 e. The molecule has 2 aromatic carbocycles. The van der Waals surface area contributed by atoms with Gasteiger partial charge < -0.3 is 14.6 Å². The normalized spacial score (nSPS) is 10.6. The molecule has 0 aliphatic rings. The molecule has 0 spiro atoms. The third kappa shape index (κ3) is 4.70. The Morgan fingerprint density at radius 3 is 2.69 bits per heavy atom. The van der Waals surface area contributed by atoms with Crippen LogP contribution in [-0.2, 0) is 11.3 Å². The minimum absolute atomic E-state index is 0.0833. The van der Waals surface area contributed by atoms with E-state index in [1.807, 2.05) is 50.2 Å². The van der Waals surface area contributed by atoms with Gasteiger partial charge in [-0.05, 0) is 37.6 Å². The summed E-state index contributed by atoms with van der Waals surface area (Å²) in [7, 11) is 0. The van der Waals surface area contributed by atoms with Gasteiger partial charge in [0.05, 0.1) is 6.54 Å². The smallest absolute Gasteiger partial charge is 0.258 e. The van der Waals surface area contributed by atoms with Crippen molar-refractivity contribution in [3.8, 4) is 17.1 Å². The molecular weight excluding hydrogens is 398 g/mol. The predicted molar refractivity (Wildman–Crippen MR) is 101 cm³/mol. The molecule has 3 rings (SSSR count). The summed E-state index contributed by atoms with van der Waals surface area (Å²) in [6.45, 7) is 4.04. The van der Waals surface area contributed by atoms with Crippen molar-refractivity contribution in [3.05, 3.63) is 64.0 Å². The van der Waals surface area contributed by atoms with Crippen molar-refractivity contribution in [1.29, 1.82) is 0 Å². The number of ether oxygens (including phenoxy) is 1. The Labute approximate surface area is 159 Å². The Kier molecular flexibility index (Phi) is 5.68. The summed E-state index contributed by atoms with van der Waals surface area (Å²) in [6.07, 6.45) is 0. The summed E-state index contributed by atoms with van der Waals surface area (Å²) in [4.78, 5) is 16.2. The Hall–Kier alpha value is -2.67. The second-order valence-electron chi connectivity index (χ2n) is 5.85. The molecule has 1 heterocycles. The number of aryl methyl sites for hydroxylation is 2. The largest absolute Gasteiger partial charge is 0.484 e. The molecule has 0 saturated heterocycles. The van der Waals surface area contributed by atoms with Gasteiger partial charge >= 0.3 is 0 Å². The van der Waals surface area contributed by atoms with Gasteiger partial charge in [-0.15, -0.1) is 0 Å². The summed E-state index contributed by atoms with van der Waals surface area (Å²) in [6, 6.07) is 13.4. The first kappa shape index (κ1) is 18.1. The number of hydrogen-bond donors (Lipinski definition) is 1. The van der Waals surface area contributed by atoms with Gasteiger partial charge in [-0.2, -0.15) is 4.98 Å². The number of aromatic nitrogens is 2. The van der Waals surface area contributed by atoms with Crippen molar-refractivity contribution < 1.29 is 14.1 Å². The van der Waals surface area contributed by atoms with Crippen LogP contribution < -0.4 is 10.1 Å². The molecule has 3 aromatic rings. The lowest BCUT2D eigenvalue weighted by Gasteiger charge is -2.07. The number of carbonyl (C=O) groups excluding carboxylic acids is 1. The van der Waals surface area contributed by atoms with E-state index in [-0.39, 0.29) is 19.1 Å².